The summed E-state index contributed by atoms with van der Waals surface area (Å²) in [7, 11) is 1.83. The van der Waals surface area contributed by atoms with Gasteiger partial charge in [0, 0.05) is 39.4 Å². The Bertz CT molecular complexity index is 868. The monoisotopic (exact) mass is 436 g/mol. The first-order valence-electron chi connectivity index (χ1n) is 11.8. The highest BCUT2D eigenvalue weighted by Crippen LogP contribution is 2.24. The van der Waals surface area contributed by atoms with Gasteiger partial charge >= 0.3 is 0 Å². The van der Waals surface area contributed by atoms with E-state index in [2.05, 4.69) is 79.8 Å². The van der Waals surface area contributed by atoms with E-state index in [9.17, 15) is 0 Å². The lowest BCUT2D eigenvalue weighted by Crippen LogP contribution is -2.42. The maximum absolute atomic E-state index is 5.66. The van der Waals surface area contributed by atoms with E-state index in [1.807, 2.05) is 13.2 Å². The summed E-state index contributed by atoms with van der Waals surface area (Å²) in [6.45, 7) is 8.48. The van der Waals surface area contributed by atoms with Gasteiger partial charge in [-0.05, 0) is 56.1 Å². The number of guanidine groups is 1. The van der Waals surface area contributed by atoms with Crippen LogP contribution in [0.4, 0.5) is 5.82 Å². The number of aromatic nitrogens is 1. The Balaban J connectivity index is 1.34. The Morgan fingerprint density at radius 1 is 1.16 bits per heavy atom. The fourth-order valence-corrected chi connectivity index (χ4v) is 4.56. The largest absolute Gasteiger partial charge is 0.375 e. The van der Waals surface area contributed by atoms with Crippen LogP contribution in [-0.4, -0.2) is 68.3 Å². The van der Waals surface area contributed by atoms with E-state index in [1.165, 1.54) is 24.0 Å². The van der Waals surface area contributed by atoms with Gasteiger partial charge in [-0.25, -0.2) is 4.98 Å². The van der Waals surface area contributed by atoms with Crippen molar-refractivity contribution in [3.8, 4) is 0 Å². The van der Waals surface area contributed by atoms with Crippen molar-refractivity contribution in [2.24, 2.45) is 4.99 Å². The first kappa shape index (κ1) is 22.6. The highest BCUT2D eigenvalue weighted by atomic mass is 16.5. The summed E-state index contributed by atoms with van der Waals surface area (Å²) in [5.41, 5.74) is 2.55. The van der Waals surface area contributed by atoms with E-state index in [0.29, 0.717) is 12.6 Å². The van der Waals surface area contributed by atoms with Crippen molar-refractivity contribution < 1.29 is 4.74 Å². The minimum atomic E-state index is 0.239. The lowest BCUT2D eigenvalue weighted by molar-refractivity contribution is 0.0529. The summed E-state index contributed by atoms with van der Waals surface area (Å²) in [5.74, 6) is 1.84. The highest BCUT2D eigenvalue weighted by Gasteiger charge is 2.23. The molecule has 0 spiro atoms. The van der Waals surface area contributed by atoms with E-state index >= 15 is 0 Å². The average molecular weight is 437 g/mol. The highest BCUT2D eigenvalue weighted by molar-refractivity contribution is 5.79. The number of hydrogen-bond donors (Lipinski definition) is 2. The van der Waals surface area contributed by atoms with Gasteiger partial charge in [0.05, 0.1) is 18.8 Å². The van der Waals surface area contributed by atoms with Crippen LogP contribution < -0.4 is 15.5 Å². The van der Waals surface area contributed by atoms with Crippen molar-refractivity contribution in [2.45, 2.75) is 38.5 Å². The van der Waals surface area contributed by atoms with Gasteiger partial charge in [0.1, 0.15) is 5.82 Å². The number of rotatable bonds is 7. The van der Waals surface area contributed by atoms with Crippen molar-refractivity contribution in [2.75, 3.05) is 51.3 Å². The molecule has 2 aliphatic rings. The Labute approximate surface area is 191 Å². The SMILES string of the molecule is CN=C(NCc1ccnc(N2CCOC(C)C2)c1)NCC(c1ccccc1)N1CCCC1. The van der Waals surface area contributed by atoms with Crippen LogP contribution >= 0.6 is 0 Å². The second-order valence-corrected chi connectivity index (χ2v) is 8.63. The lowest BCUT2D eigenvalue weighted by atomic mass is 10.1. The van der Waals surface area contributed by atoms with E-state index < -0.39 is 0 Å². The first-order chi connectivity index (χ1) is 15.7. The van der Waals surface area contributed by atoms with Crippen molar-refractivity contribution >= 4 is 11.8 Å². The molecule has 0 amide bonds. The molecule has 1 aromatic heterocycles. The second kappa shape index (κ2) is 11.3. The molecule has 32 heavy (non-hydrogen) atoms. The average Bonchev–Trinajstić information content (AvgIpc) is 3.37. The molecule has 1 aromatic carbocycles. The molecule has 2 saturated heterocycles. The van der Waals surface area contributed by atoms with E-state index in [0.717, 1.165) is 51.1 Å². The summed E-state index contributed by atoms with van der Waals surface area (Å²) >= 11 is 0. The van der Waals surface area contributed by atoms with Crippen molar-refractivity contribution in [3.63, 3.8) is 0 Å². The van der Waals surface area contributed by atoms with Gasteiger partial charge in [-0.2, -0.15) is 0 Å². The third-order valence-corrected chi connectivity index (χ3v) is 6.29. The van der Waals surface area contributed by atoms with Crippen molar-refractivity contribution in [1.82, 2.24) is 20.5 Å². The third kappa shape index (κ3) is 5.99. The smallest absolute Gasteiger partial charge is 0.191 e. The molecule has 2 aliphatic heterocycles. The normalized spacial score (nSPS) is 20.9. The molecule has 0 saturated carbocycles. The molecule has 4 rings (SSSR count). The topological polar surface area (TPSA) is 65.0 Å². The lowest BCUT2D eigenvalue weighted by Gasteiger charge is -2.32. The number of anilines is 1. The van der Waals surface area contributed by atoms with Crippen LogP contribution in [0, 0.1) is 0 Å². The van der Waals surface area contributed by atoms with Gasteiger partial charge in [0.2, 0.25) is 0 Å². The van der Waals surface area contributed by atoms with Gasteiger partial charge in [0.25, 0.3) is 0 Å². The molecule has 172 valence electrons. The summed E-state index contributed by atoms with van der Waals surface area (Å²) in [5, 5.41) is 7.03. The molecule has 0 aliphatic carbocycles. The predicted octanol–water partition coefficient (Wildman–Crippen LogP) is 2.81. The van der Waals surface area contributed by atoms with Gasteiger partial charge < -0.3 is 20.3 Å². The first-order valence-corrected chi connectivity index (χ1v) is 11.8. The molecular weight excluding hydrogens is 400 g/mol. The number of hydrogen-bond acceptors (Lipinski definition) is 5. The maximum atomic E-state index is 5.66. The molecule has 7 nitrogen and oxygen atoms in total. The van der Waals surface area contributed by atoms with Gasteiger partial charge in [-0.1, -0.05) is 30.3 Å². The molecule has 2 unspecified atom stereocenters. The molecule has 2 atom stereocenters. The van der Waals surface area contributed by atoms with Crippen LogP contribution in [0.1, 0.15) is 36.9 Å². The summed E-state index contributed by atoms with van der Waals surface area (Å²) < 4.78 is 5.66. The zero-order valence-corrected chi connectivity index (χ0v) is 19.3. The summed E-state index contributed by atoms with van der Waals surface area (Å²) in [6.07, 6.45) is 4.69. The number of aliphatic imine (C=N–C) groups is 1. The molecule has 3 heterocycles. The molecule has 2 N–H and O–H groups in total. The quantitative estimate of drug-likeness (QED) is 0.514. The van der Waals surface area contributed by atoms with Gasteiger partial charge in [0.15, 0.2) is 5.96 Å². The van der Waals surface area contributed by atoms with E-state index in [-0.39, 0.29) is 6.10 Å². The fourth-order valence-electron chi connectivity index (χ4n) is 4.56. The zero-order chi connectivity index (χ0) is 22.2. The molecule has 0 bridgehead atoms. The van der Waals surface area contributed by atoms with Crippen LogP contribution in [0.15, 0.2) is 53.7 Å². The Kier molecular flexibility index (Phi) is 7.96. The Morgan fingerprint density at radius 3 is 2.72 bits per heavy atom. The van der Waals surface area contributed by atoms with Crippen LogP contribution in [0.5, 0.6) is 0 Å². The molecule has 2 aromatic rings. The summed E-state index contributed by atoms with van der Waals surface area (Å²) in [6, 6.07) is 15.4. The standard InChI is InChI=1S/C25H36N6O/c1-20-19-31(14-15-32-20)24-16-21(10-11-27-24)17-28-25(26-2)29-18-23(30-12-6-7-13-30)22-8-4-3-5-9-22/h3-5,8-11,16,20,23H,6-7,12-15,17-19H2,1-2H3,(H2,26,28,29). The number of pyridine rings is 1. The third-order valence-electron chi connectivity index (χ3n) is 6.29. The molecule has 0 radical (unpaired) electrons. The Hall–Kier alpha value is -2.64. The van der Waals surface area contributed by atoms with Crippen molar-refractivity contribution in [3.05, 3.63) is 59.8 Å². The van der Waals surface area contributed by atoms with Gasteiger partial charge in [-0.15, -0.1) is 0 Å². The minimum Gasteiger partial charge on any atom is -0.375 e. The maximum Gasteiger partial charge on any atom is 0.191 e. The number of morpholine rings is 1. The van der Waals surface area contributed by atoms with Crippen LogP contribution in [0.2, 0.25) is 0 Å². The van der Waals surface area contributed by atoms with Gasteiger partial charge in [-0.3, -0.25) is 9.89 Å². The van der Waals surface area contributed by atoms with Crippen LogP contribution in [0.3, 0.4) is 0 Å². The molecule has 2 fully saturated rings. The number of nitrogens with zero attached hydrogens (tertiary/aromatic N) is 4. The predicted molar refractivity (Wildman–Crippen MR) is 130 cm³/mol. The number of nitrogens with one attached hydrogen (secondary N) is 2. The molecule has 7 heteroatoms. The van der Waals surface area contributed by atoms with E-state index in [4.69, 9.17) is 4.74 Å². The number of benzene rings is 1. The number of likely N-dealkylation sites (tertiary alicyclic amines) is 1. The second-order valence-electron chi connectivity index (χ2n) is 8.63. The number of ether oxygens (including phenoxy) is 1. The fraction of sp³-hybridized carbons (Fsp3) is 0.520. The molecular formula is C25H36N6O. The minimum absolute atomic E-state index is 0.239. The van der Waals surface area contributed by atoms with Crippen LogP contribution in [-0.2, 0) is 11.3 Å². The van der Waals surface area contributed by atoms with E-state index in [1.54, 1.807) is 0 Å². The van der Waals surface area contributed by atoms with Crippen LogP contribution in [0.25, 0.3) is 0 Å². The zero-order valence-electron chi connectivity index (χ0n) is 19.3. The van der Waals surface area contributed by atoms with Crippen molar-refractivity contribution in [1.29, 1.82) is 0 Å². The Morgan fingerprint density at radius 2 is 1.97 bits per heavy atom. The summed E-state index contributed by atoms with van der Waals surface area (Å²) in [4.78, 5) is 13.9.